The number of hydrogen-bond donors (Lipinski definition) is 0. The molecule has 186 valence electrons. The van der Waals surface area contributed by atoms with Gasteiger partial charge in [-0.3, -0.25) is 19.7 Å². The fraction of sp³-hybridized carbons (Fsp3) is 0.367. The first-order valence-electron chi connectivity index (χ1n) is 12.6. The van der Waals surface area contributed by atoms with Crippen molar-refractivity contribution < 1.29 is 13.9 Å². The SMILES string of the molecule is COc1cccc(F)c1CN1C[C@H](C)C[C@@H](CC(=O)c2ccc3c(c2)C(c2ccnc(C)c2)=NC3)C1. The minimum Gasteiger partial charge on any atom is -0.496 e. The lowest BCUT2D eigenvalue weighted by molar-refractivity contribution is 0.0856. The molecule has 0 unspecified atom stereocenters. The summed E-state index contributed by atoms with van der Waals surface area (Å²) in [7, 11) is 1.57. The highest BCUT2D eigenvalue weighted by Crippen LogP contribution is 2.31. The van der Waals surface area contributed by atoms with E-state index in [0.717, 1.165) is 53.2 Å². The van der Waals surface area contributed by atoms with Crippen LogP contribution in [0.4, 0.5) is 4.39 Å². The van der Waals surface area contributed by atoms with Gasteiger partial charge < -0.3 is 4.74 Å². The van der Waals surface area contributed by atoms with E-state index in [1.807, 2.05) is 37.3 Å². The van der Waals surface area contributed by atoms with Crippen LogP contribution in [0.3, 0.4) is 0 Å². The zero-order chi connectivity index (χ0) is 25.2. The van der Waals surface area contributed by atoms with Crippen LogP contribution in [0.5, 0.6) is 5.75 Å². The van der Waals surface area contributed by atoms with Gasteiger partial charge in [0.1, 0.15) is 11.6 Å². The Balaban J connectivity index is 1.30. The van der Waals surface area contributed by atoms with Crippen LogP contribution < -0.4 is 4.74 Å². The number of benzene rings is 2. The van der Waals surface area contributed by atoms with E-state index >= 15 is 0 Å². The van der Waals surface area contributed by atoms with Crippen molar-refractivity contribution >= 4 is 11.5 Å². The molecular weight excluding hydrogens is 453 g/mol. The minimum absolute atomic E-state index is 0.150. The summed E-state index contributed by atoms with van der Waals surface area (Å²) in [5.74, 6) is 1.13. The minimum atomic E-state index is -0.250. The number of methoxy groups -OCH3 is 1. The Kier molecular flexibility index (Phi) is 6.97. The number of nitrogens with zero attached hydrogens (tertiary/aromatic N) is 3. The smallest absolute Gasteiger partial charge is 0.163 e. The van der Waals surface area contributed by atoms with Gasteiger partial charge in [0.2, 0.25) is 0 Å². The van der Waals surface area contributed by atoms with E-state index in [-0.39, 0.29) is 17.5 Å². The number of hydrogen-bond acceptors (Lipinski definition) is 5. The summed E-state index contributed by atoms with van der Waals surface area (Å²) in [5, 5.41) is 0. The standard InChI is InChI=1S/C30H32FN3O2/c1-19-11-21(17-34(16-19)18-26-27(31)5-4-6-29(26)36-3)13-28(35)22-7-8-24-15-33-30(25(24)14-22)23-9-10-32-20(2)12-23/h4-10,12,14,19,21H,11,13,15-18H2,1-3H3/t19-,21+/m1/s1. The number of pyridine rings is 1. The van der Waals surface area contributed by atoms with Crippen LogP contribution in [0.25, 0.3) is 0 Å². The van der Waals surface area contributed by atoms with Crippen molar-refractivity contribution in [1.29, 1.82) is 0 Å². The van der Waals surface area contributed by atoms with Crippen LogP contribution in [-0.4, -0.2) is 41.6 Å². The van der Waals surface area contributed by atoms with E-state index in [0.29, 0.717) is 36.7 Å². The largest absolute Gasteiger partial charge is 0.496 e. The Hall–Kier alpha value is -3.38. The maximum Gasteiger partial charge on any atom is 0.163 e. The lowest BCUT2D eigenvalue weighted by atomic mass is 9.85. The Morgan fingerprint density at radius 3 is 2.83 bits per heavy atom. The molecule has 2 aromatic carbocycles. The molecule has 0 spiro atoms. The zero-order valence-corrected chi connectivity index (χ0v) is 21.1. The van der Waals surface area contributed by atoms with Crippen molar-refractivity contribution in [2.75, 3.05) is 20.2 Å². The predicted molar refractivity (Wildman–Crippen MR) is 139 cm³/mol. The number of carbonyl (C=O) groups excluding carboxylic acids is 1. The van der Waals surface area contributed by atoms with Gasteiger partial charge in [-0.25, -0.2) is 4.39 Å². The number of piperidine rings is 1. The third-order valence-corrected chi connectivity index (χ3v) is 7.24. The highest BCUT2D eigenvalue weighted by atomic mass is 19.1. The average Bonchev–Trinajstić information content (AvgIpc) is 3.28. The van der Waals surface area contributed by atoms with E-state index in [4.69, 9.17) is 9.73 Å². The monoisotopic (exact) mass is 485 g/mol. The molecule has 2 atom stereocenters. The third-order valence-electron chi connectivity index (χ3n) is 7.24. The molecule has 1 aromatic heterocycles. The summed E-state index contributed by atoms with van der Waals surface area (Å²) in [6, 6.07) is 14.9. The Morgan fingerprint density at radius 2 is 2.03 bits per heavy atom. The van der Waals surface area contributed by atoms with Gasteiger partial charge in [-0.2, -0.15) is 0 Å². The second-order valence-electron chi connectivity index (χ2n) is 10.2. The summed E-state index contributed by atoms with van der Waals surface area (Å²) >= 11 is 0. The van der Waals surface area contributed by atoms with Gasteiger partial charge in [-0.05, 0) is 61.1 Å². The normalized spacial score (nSPS) is 19.6. The van der Waals surface area contributed by atoms with Gasteiger partial charge in [-0.1, -0.05) is 25.1 Å². The van der Waals surface area contributed by atoms with Gasteiger partial charge in [0.25, 0.3) is 0 Å². The number of aromatic nitrogens is 1. The quantitative estimate of drug-likeness (QED) is 0.408. The van der Waals surface area contributed by atoms with Crippen molar-refractivity contribution in [3.05, 3.63) is 94.1 Å². The van der Waals surface area contributed by atoms with Crippen LogP contribution in [0.1, 0.15) is 58.1 Å². The molecule has 0 aliphatic carbocycles. The second-order valence-corrected chi connectivity index (χ2v) is 10.2. The second kappa shape index (κ2) is 10.3. The summed E-state index contributed by atoms with van der Waals surface area (Å²) in [4.78, 5) is 24.7. The fourth-order valence-corrected chi connectivity index (χ4v) is 5.66. The molecule has 5 rings (SSSR count). The van der Waals surface area contributed by atoms with Gasteiger partial charge in [0, 0.05) is 60.2 Å². The number of ketones is 1. The van der Waals surface area contributed by atoms with Gasteiger partial charge in [0.05, 0.1) is 19.4 Å². The molecule has 0 radical (unpaired) electrons. The number of rotatable bonds is 7. The third kappa shape index (κ3) is 5.09. The van der Waals surface area contributed by atoms with E-state index in [1.54, 1.807) is 25.4 Å². The molecule has 0 amide bonds. The van der Waals surface area contributed by atoms with Crippen molar-refractivity contribution in [3.8, 4) is 5.75 Å². The van der Waals surface area contributed by atoms with Gasteiger partial charge in [-0.15, -0.1) is 0 Å². The molecule has 3 aromatic rings. The molecule has 2 aliphatic rings. The Labute approximate surface area is 212 Å². The number of aryl methyl sites for hydroxylation is 1. The van der Waals surface area contributed by atoms with E-state index < -0.39 is 0 Å². The van der Waals surface area contributed by atoms with Crippen molar-refractivity contribution in [2.45, 2.75) is 39.8 Å². The number of carbonyl (C=O) groups is 1. The molecular formula is C30H32FN3O2. The van der Waals surface area contributed by atoms with E-state index in [1.165, 1.54) is 6.07 Å². The average molecular weight is 486 g/mol. The molecule has 1 saturated heterocycles. The molecule has 0 N–H and O–H groups in total. The maximum atomic E-state index is 14.5. The number of aliphatic imine (C=N–C) groups is 1. The molecule has 3 heterocycles. The van der Waals surface area contributed by atoms with Gasteiger partial charge in [0.15, 0.2) is 5.78 Å². The molecule has 36 heavy (non-hydrogen) atoms. The summed E-state index contributed by atoms with van der Waals surface area (Å²) < 4.78 is 19.9. The number of ether oxygens (including phenoxy) is 1. The molecule has 1 fully saturated rings. The molecule has 2 aliphatic heterocycles. The summed E-state index contributed by atoms with van der Waals surface area (Å²) in [6.45, 7) is 6.94. The number of Topliss-reactive ketones (excluding diaryl/α,β-unsaturated/α-hetero) is 1. The summed E-state index contributed by atoms with van der Waals surface area (Å²) in [5.41, 5.74) is 6.40. The summed E-state index contributed by atoms with van der Waals surface area (Å²) in [6.07, 6.45) is 3.27. The van der Waals surface area contributed by atoms with Crippen LogP contribution in [0.2, 0.25) is 0 Å². The number of likely N-dealkylation sites (tertiary alicyclic amines) is 1. The van der Waals surface area contributed by atoms with Crippen LogP contribution in [-0.2, 0) is 13.1 Å². The van der Waals surface area contributed by atoms with Crippen LogP contribution in [0, 0.1) is 24.6 Å². The topological polar surface area (TPSA) is 54.8 Å². The molecule has 5 nitrogen and oxygen atoms in total. The van der Waals surface area contributed by atoms with Crippen LogP contribution >= 0.6 is 0 Å². The lowest BCUT2D eigenvalue weighted by Gasteiger charge is -2.36. The Morgan fingerprint density at radius 1 is 1.17 bits per heavy atom. The first-order valence-corrected chi connectivity index (χ1v) is 12.6. The predicted octanol–water partition coefficient (Wildman–Crippen LogP) is 5.62. The van der Waals surface area contributed by atoms with Gasteiger partial charge >= 0.3 is 0 Å². The first-order chi connectivity index (χ1) is 17.4. The van der Waals surface area contributed by atoms with Crippen LogP contribution in [0.15, 0.2) is 59.7 Å². The number of fused-ring (bicyclic) bond motifs is 1. The lowest BCUT2D eigenvalue weighted by Crippen LogP contribution is -2.40. The molecule has 6 heteroatoms. The molecule has 0 bridgehead atoms. The zero-order valence-electron chi connectivity index (χ0n) is 21.1. The number of halogens is 1. The van der Waals surface area contributed by atoms with E-state index in [9.17, 15) is 9.18 Å². The fourth-order valence-electron chi connectivity index (χ4n) is 5.66. The Bertz CT molecular complexity index is 1320. The van der Waals surface area contributed by atoms with Crippen molar-refractivity contribution in [1.82, 2.24) is 9.88 Å². The van der Waals surface area contributed by atoms with Crippen molar-refractivity contribution in [2.24, 2.45) is 16.8 Å². The highest BCUT2D eigenvalue weighted by Gasteiger charge is 2.28. The maximum absolute atomic E-state index is 14.5. The molecule has 0 saturated carbocycles. The first kappa shape index (κ1) is 24.3. The highest BCUT2D eigenvalue weighted by molar-refractivity contribution is 6.16. The van der Waals surface area contributed by atoms with Crippen molar-refractivity contribution in [3.63, 3.8) is 0 Å². The van der Waals surface area contributed by atoms with E-state index in [2.05, 4.69) is 16.8 Å².